The summed E-state index contributed by atoms with van der Waals surface area (Å²) in [5, 5.41) is 2.28. The minimum atomic E-state index is -0.382. The van der Waals surface area contributed by atoms with E-state index < -0.39 is 0 Å². The largest absolute Gasteiger partial charge is 0.361 e. The molecule has 44 valence electrons. The molecule has 1 aromatic heterocycles. The van der Waals surface area contributed by atoms with Gasteiger partial charge in [0.2, 0.25) is 0 Å². The fourth-order valence-electron chi connectivity index (χ4n) is 0.421. The molecule has 0 aromatic carbocycles. The van der Waals surface area contributed by atoms with E-state index in [0.29, 0.717) is 5.56 Å². The average molecular weight is 114 g/mol. The van der Waals surface area contributed by atoms with Crippen molar-refractivity contribution in [2.75, 3.05) is 0 Å². The Kier molecular flexibility index (Phi) is 1.17. The Hall–Kier alpha value is -1.03. The zero-order valence-electron chi connectivity index (χ0n) is 4.18. The van der Waals surface area contributed by atoms with Crippen LogP contribution in [-0.4, -0.2) is 5.16 Å². The molecule has 3 N–H and O–H groups in total. The highest BCUT2D eigenvalue weighted by Crippen LogP contribution is 1.82. The van der Waals surface area contributed by atoms with Crippen molar-refractivity contribution in [2.24, 2.45) is 5.73 Å². The lowest BCUT2D eigenvalue weighted by Gasteiger charge is -1.75. The van der Waals surface area contributed by atoms with Crippen molar-refractivity contribution in [3.63, 3.8) is 0 Å². The molecule has 0 saturated heterocycles. The third kappa shape index (κ3) is 0.651. The lowest BCUT2D eigenvalue weighted by Crippen LogP contribution is -2.06. The second-order valence-electron chi connectivity index (χ2n) is 1.38. The van der Waals surface area contributed by atoms with Gasteiger partial charge in [-0.2, -0.15) is 0 Å². The zero-order valence-corrected chi connectivity index (χ0v) is 4.18. The lowest BCUT2D eigenvalue weighted by atomic mass is 10.4. The number of H-pyrrole nitrogens is 1. The first-order valence-corrected chi connectivity index (χ1v) is 2.20. The van der Waals surface area contributed by atoms with Gasteiger partial charge in [-0.3, -0.25) is 0 Å². The van der Waals surface area contributed by atoms with Gasteiger partial charge in [-0.1, -0.05) is 0 Å². The van der Waals surface area contributed by atoms with E-state index in [0.717, 1.165) is 0 Å². The molecule has 0 radical (unpaired) electrons. The molecule has 0 atom stereocenters. The molecule has 1 heterocycles. The molecule has 0 fully saturated rings. The van der Waals surface area contributed by atoms with Crippen LogP contribution in [0, 0.1) is 0 Å². The van der Waals surface area contributed by atoms with Crippen molar-refractivity contribution in [1.29, 1.82) is 0 Å². The molecule has 0 spiro atoms. The van der Waals surface area contributed by atoms with Crippen LogP contribution >= 0.6 is 0 Å². The van der Waals surface area contributed by atoms with Crippen LogP contribution in [0.2, 0.25) is 0 Å². The molecule has 0 saturated carbocycles. The summed E-state index contributed by atoms with van der Waals surface area (Å²) in [7, 11) is 0. The number of aromatic nitrogens is 1. The molecule has 0 amide bonds. The average Bonchev–Trinajstić information content (AvgIpc) is 2.14. The molecule has 0 unspecified atom stereocenters. The maximum absolute atomic E-state index is 10.4. The summed E-state index contributed by atoms with van der Waals surface area (Å²) < 4.78 is 4.29. The van der Waals surface area contributed by atoms with Gasteiger partial charge in [0.25, 0.3) is 0 Å². The maximum Gasteiger partial charge on any atom is 0.361 e. The lowest BCUT2D eigenvalue weighted by molar-refractivity contribution is 0.390. The molecule has 4 nitrogen and oxygen atoms in total. The number of nitrogens with two attached hydrogens (primary N) is 1. The number of nitrogens with one attached hydrogen (secondary N) is 1. The molecule has 1 aromatic rings. The zero-order chi connectivity index (χ0) is 5.98. The standard InChI is InChI=1S/C4H6N2O2/c5-1-3-2-6-8-4(3)7/h2,6H,1,5H2. The Morgan fingerprint density at radius 1 is 1.88 bits per heavy atom. The Bertz CT molecular complexity index is 212. The molecule has 4 heteroatoms. The summed E-state index contributed by atoms with van der Waals surface area (Å²) in [4.78, 5) is 10.4. The van der Waals surface area contributed by atoms with Gasteiger partial charge in [-0.15, -0.1) is 0 Å². The van der Waals surface area contributed by atoms with Gasteiger partial charge >= 0.3 is 5.63 Å². The highest BCUT2D eigenvalue weighted by Gasteiger charge is 1.95. The Morgan fingerprint density at radius 2 is 2.62 bits per heavy atom. The van der Waals surface area contributed by atoms with Crippen LogP contribution in [0.5, 0.6) is 0 Å². The van der Waals surface area contributed by atoms with Gasteiger partial charge in [0.15, 0.2) is 0 Å². The quantitative estimate of drug-likeness (QED) is 0.513. The maximum atomic E-state index is 10.4. The molecule has 1 rings (SSSR count). The predicted molar refractivity (Wildman–Crippen MR) is 27.2 cm³/mol. The van der Waals surface area contributed by atoms with Crippen molar-refractivity contribution in [3.8, 4) is 0 Å². The molecule has 0 aliphatic rings. The van der Waals surface area contributed by atoms with Gasteiger partial charge in [0.1, 0.15) is 0 Å². The highest BCUT2D eigenvalue weighted by molar-refractivity contribution is 4.98. The van der Waals surface area contributed by atoms with Crippen molar-refractivity contribution in [3.05, 3.63) is 22.2 Å². The number of rotatable bonds is 1. The van der Waals surface area contributed by atoms with Crippen LogP contribution in [-0.2, 0) is 6.54 Å². The topological polar surface area (TPSA) is 72.0 Å². The first kappa shape index (κ1) is 5.11. The Labute approximate surface area is 45.3 Å². The minimum absolute atomic E-state index is 0.228. The van der Waals surface area contributed by atoms with Gasteiger partial charge in [0.05, 0.1) is 5.56 Å². The second kappa shape index (κ2) is 1.83. The molecule has 0 aliphatic heterocycles. The Morgan fingerprint density at radius 3 is 2.88 bits per heavy atom. The third-order valence-corrected chi connectivity index (χ3v) is 0.867. The van der Waals surface area contributed by atoms with Crippen LogP contribution in [0.15, 0.2) is 15.5 Å². The van der Waals surface area contributed by atoms with E-state index in [4.69, 9.17) is 5.73 Å². The van der Waals surface area contributed by atoms with E-state index >= 15 is 0 Å². The van der Waals surface area contributed by atoms with E-state index in [9.17, 15) is 4.79 Å². The summed E-state index contributed by atoms with van der Waals surface area (Å²) in [5.41, 5.74) is 5.21. The SMILES string of the molecule is NCc1c[nH]oc1=O. The van der Waals surface area contributed by atoms with Crippen LogP contribution in [0.3, 0.4) is 0 Å². The van der Waals surface area contributed by atoms with Crippen LogP contribution in [0.25, 0.3) is 0 Å². The summed E-state index contributed by atoms with van der Waals surface area (Å²) in [6.45, 7) is 0.228. The van der Waals surface area contributed by atoms with E-state index in [1.54, 1.807) is 0 Å². The summed E-state index contributed by atoms with van der Waals surface area (Å²) >= 11 is 0. The van der Waals surface area contributed by atoms with Crippen LogP contribution in [0.1, 0.15) is 5.56 Å². The normalized spacial score (nSPS) is 9.62. The van der Waals surface area contributed by atoms with E-state index in [1.807, 2.05) is 0 Å². The van der Waals surface area contributed by atoms with Gasteiger partial charge in [-0.25, -0.2) is 9.95 Å². The smallest absolute Gasteiger partial charge is 0.339 e. The first-order chi connectivity index (χ1) is 3.84. The molecule has 0 bridgehead atoms. The minimum Gasteiger partial charge on any atom is -0.339 e. The molecular formula is C4H6N2O2. The number of hydrogen-bond acceptors (Lipinski definition) is 3. The van der Waals surface area contributed by atoms with Crippen molar-refractivity contribution in [2.45, 2.75) is 6.54 Å². The monoisotopic (exact) mass is 114 g/mol. The molecular weight excluding hydrogens is 108 g/mol. The van der Waals surface area contributed by atoms with Crippen LogP contribution < -0.4 is 11.4 Å². The Balaban J connectivity index is 3.11. The van der Waals surface area contributed by atoms with E-state index in [-0.39, 0.29) is 12.2 Å². The fraction of sp³-hybridized carbons (Fsp3) is 0.250. The van der Waals surface area contributed by atoms with Gasteiger partial charge in [0, 0.05) is 12.7 Å². The number of hydrogen-bond donors (Lipinski definition) is 2. The highest BCUT2D eigenvalue weighted by atomic mass is 16.5. The van der Waals surface area contributed by atoms with Crippen LogP contribution in [0.4, 0.5) is 0 Å². The van der Waals surface area contributed by atoms with E-state index in [1.165, 1.54) is 6.20 Å². The van der Waals surface area contributed by atoms with Crippen molar-refractivity contribution >= 4 is 0 Å². The van der Waals surface area contributed by atoms with Gasteiger partial charge < -0.3 is 10.3 Å². The van der Waals surface area contributed by atoms with Gasteiger partial charge in [-0.05, 0) is 0 Å². The van der Waals surface area contributed by atoms with E-state index in [2.05, 4.69) is 9.68 Å². The van der Waals surface area contributed by atoms with Crippen molar-refractivity contribution < 1.29 is 4.52 Å². The third-order valence-electron chi connectivity index (χ3n) is 0.867. The second-order valence-corrected chi connectivity index (χ2v) is 1.38. The summed E-state index contributed by atoms with van der Waals surface area (Å²) in [6, 6.07) is 0. The summed E-state index contributed by atoms with van der Waals surface area (Å²) in [5.74, 6) is 0. The predicted octanol–water partition coefficient (Wildman–Crippen LogP) is -0.573. The first-order valence-electron chi connectivity index (χ1n) is 2.20. The molecule has 8 heavy (non-hydrogen) atoms. The molecule has 0 aliphatic carbocycles. The summed E-state index contributed by atoms with van der Waals surface area (Å²) in [6.07, 6.45) is 1.45. The van der Waals surface area contributed by atoms with Crippen molar-refractivity contribution in [1.82, 2.24) is 5.16 Å². The number of aromatic amines is 1. The fourth-order valence-corrected chi connectivity index (χ4v) is 0.421.